The van der Waals surface area contributed by atoms with E-state index in [0.29, 0.717) is 5.92 Å². The van der Waals surface area contributed by atoms with E-state index in [2.05, 4.69) is 19.8 Å². The van der Waals surface area contributed by atoms with Crippen molar-refractivity contribution in [2.24, 2.45) is 17.1 Å². The minimum atomic E-state index is -0.137. The second-order valence-corrected chi connectivity index (χ2v) is 4.79. The van der Waals surface area contributed by atoms with Gasteiger partial charge in [-0.3, -0.25) is 0 Å². The number of rotatable bonds is 2. The highest BCUT2D eigenvalue weighted by atomic mass is 14.7. The lowest BCUT2D eigenvalue weighted by Gasteiger charge is -2.35. The van der Waals surface area contributed by atoms with Gasteiger partial charge in [-0.25, -0.2) is 0 Å². The van der Waals surface area contributed by atoms with Crippen LogP contribution in [-0.4, -0.2) is 6.04 Å². The average Bonchev–Trinajstić information content (AvgIpc) is 2.18. The van der Waals surface area contributed by atoms with E-state index in [9.17, 15) is 0 Å². The molecule has 1 saturated carbocycles. The molecule has 0 heterocycles. The number of hydrogen-bond donors (Lipinski definition) is 1. The molecule has 0 unspecified atom stereocenters. The van der Waals surface area contributed by atoms with Gasteiger partial charge in [0.25, 0.3) is 0 Å². The molecule has 2 N–H and O–H groups in total. The van der Waals surface area contributed by atoms with Gasteiger partial charge in [-0.15, -0.1) is 6.42 Å². The topological polar surface area (TPSA) is 26.0 Å². The van der Waals surface area contributed by atoms with Gasteiger partial charge in [0, 0.05) is 12.9 Å². The van der Waals surface area contributed by atoms with Gasteiger partial charge in [-0.2, -0.15) is 0 Å². The summed E-state index contributed by atoms with van der Waals surface area (Å²) < 4.78 is 0. The van der Waals surface area contributed by atoms with Gasteiger partial charge in [0.2, 0.25) is 0 Å². The van der Waals surface area contributed by atoms with E-state index in [1.54, 1.807) is 0 Å². The van der Waals surface area contributed by atoms with Gasteiger partial charge in [0.1, 0.15) is 0 Å². The number of terminal acetylenes is 1. The van der Waals surface area contributed by atoms with E-state index < -0.39 is 0 Å². The first kappa shape index (κ1) is 10.6. The van der Waals surface area contributed by atoms with Gasteiger partial charge in [-0.1, -0.05) is 25.2 Å². The average molecular weight is 181 g/mol. The molecule has 0 saturated heterocycles. The van der Waals surface area contributed by atoms with Crippen LogP contribution in [0.2, 0.25) is 0 Å². The van der Waals surface area contributed by atoms with Crippen LogP contribution >= 0.6 is 0 Å². The van der Waals surface area contributed by atoms with Crippen molar-refractivity contribution in [3.63, 3.8) is 0 Å². The molecule has 0 aromatic heterocycles. The molecule has 0 spiro atoms. The fourth-order valence-electron chi connectivity index (χ4n) is 2.18. The summed E-state index contributed by atoms with van der Waals surface area (Å²) in [7, 11) is 0. The van der Waals surface area contributed by atoms with Crippen molar-refractivity contribution in [1.29, 1.82) is 0 Å². The number of nitrogens with two attached hydrogens (primary N) is 1. The Morgan fingerprint density at radius 2 is 1.92 bits per heavy atom. The monoisotopic (exact) mass is 181 g/mol. The van der Waals surface area contributed by atoms with Crippen molar-refractivity contribution in [1.82, 2.24) is 0 Å². The quantitative estimate of drug-likeness (QED) is 0.651. The molecule has 0 bridgehead atoms. The summed E-state index contributed by atoms with van der Waals surface area (Å²) in [4.78, 5) is 0. The molecule has 1 rings (SSSR count). The lowest BCUT2D eigenvalue weighted by atomic mass is 9.73. The summed E-state index contributed by atoms with van der Waals surface area (Å²) in [5, 5.41) is 0. The third-order valence-corrected chi connectivity index (χ3v) is 3.36. The van der Waals surface area contributed by atoms with Crippen LogP contribution in [-0.2, 0) is 0 Å². The van der Waals surface area contributed by atoms with Gasteiger partial charge in [0.05, 0.1) is 0 Å². The van der Waals surface area contributed by atoms with E-state index in [1.807, 2.05) is 0 Å². The molecule has 76 valence electrons. The van der Waals surface area contributed by atoms with Crippen LogP contribution in [0.5, 0.6) is 0 Å². The summed E-state index contributed by atoms with van der Waals surface area (Å²) in [6.45, 7) is 4.15. The Hall–Kier alpha value is -0.480. The fourth-order valence-corrected chi connectivity index (χ4v) is 2.18. The second-order valence-electron chi connectivity index (χ2n) is 4.79. The highest BCUT2D eigenvalue weighted by Gasteiger charge is 2.31. The fraction of sp³-hybridized carbons (Fsp3) is 0.833. The molecule has 0 amide bonds. The van der Waals surface area contributed by atoms with E-state index in [0.717, 1.165) is 0 Å². The molecule has 1 fully saturated rings. The Morgan fingerprint density at radius 3 is 2.38 bits per heavy atom. The van der Waals surface area contributed by atoms with E-state index in [-0.39, 0.29) is 12.9 Å². The van der Waals surface area contributed by atoms with Crippen molar-refractivity contribution in [2.75, 3.05) is 0 Å². The van der Waals surface area contributed by atoms with Gasteiger partial charge >= 0.3 is 0 Å². The van der Waals surface area contributed by atoms with E-state index in [4.69, 9.17) is 12.2 Å². The van der Waals surface area contributed by atoms with E-state index >= 15 is 0 Å². The Balaban J connectivity index is 0.00000169. The molecule has 0 aliphatic heterocycles. The SMILES string of the molecule is C#CC(C)(C)[C@H](N)C1CCCCC1.[HH]. The predicted molar refractivity (Wildman–Crippen MR) is 59.3 cm³/mol. The largest absolute Gasteiger partial charge is 0.326 e. The smallest absolute Gasteiger partial charge is 0.0409 e. The van der Waals surface area contributed by atoms with Crippen molar-refractivity contribution in [2.45, 2.75) is 52.0 Å². The Labute approximate surface area is 83.6 Å². The van der Waals surface area contributed by atoms with Crippen LogP contribution in [0.15, 0.2) is 0 Å². The minimum Gasteiger partial charge on any atom is -0.326 e. The van der Waals surface area contributed by atoms with Crippen molar-refractivity contribution >= 4 is 0 Å². The lowest BCUT2D eigenvalue weighted by molar-refractivity contribution is 0.224. The molecule has 1 aliphatic carbocycles. The first-order valence-corrected chi connectivity index (χ1v) is 5.31. The van der Waals surface area contributed by atoms with Crippen molar-refractivity contribution in [3.05, 3.63) is 0 Å². The summed E-state index contributed by atoms with van der Waals surface area (Å²) in [5.41, 5.74) is 6.06. The molecular formula is C12H23N. The van der Waals surface area contributed by atoms with Crippen LogP contribution in [0.3, 0.4) is 0 Å². The van der Waals surface area contributed by atoms with Crippen LogP contribution in [0.1, 0.15) is 47.4 Å². The van der Waals surface area contributed by atoms with Gasteiger partial charge in [-0.05, 0) is 32.6 Å². The highest BCUT2D eigenvalue weighted by Crippen LogP contribution is 2.33. The Bertz CT molecular complexity index is 199. The maximum absolute atomic E-state index is 6.19. The molecule has 0 aromatic rings. The van der Waals surface area contributed by atoms with Crippen molar-refractivity contribution < 1.29 is 1.43 Å². The van der Waals surface area contributed by atoms with Crippen molar-refractivity contribution in [3.8, 4) is 12.3 Å². The molecular weight excluding hydrogens is 158 g/mol. The molecule has 1 aliphatic rings. The Kier molecular flexibility index (Phi) is 3.39. The predicted octanol–water partition coefficient (Wildman–Crippen LogP) is 2.80. The van der Waals surface area contributed by atoms with E-state index in [1.165, 1.54) is 32.1 Å². The zero-order valence-electron chi connectivity index (χ0n) is 8.84. The zero-order chi connectivity index (χ0) is 9.90. The molecule has 1 nitrogen and oxygen atoms in total. The minimum absolute atomic E-state index is 0. The third kappa shape index (κ3) is 2.48. The number of hydrogen-bond acceptors (Lipinski definition) is 1. The summed E-state index contributed by atoms with van der Waals surface area (Å²) in [6.07, 6.45) is 12.1. The Morgan fingerprint density at radius 1 is 1.38 bits per heavy atom. The summed E-state index contributed by atoms with van der Waals surface area (Å²) >= 11 is 0. The maximum Gasteiger partial charge on any atom is 0.0409 e. The molecule has 13 heavy (non-hydrogen) atoms. The van der Waals surface area contributed by atoms with Crippen LogP contribution in [0, 0.1) is 23.7 Å². The second kappa shape index (κ2) is 4.15. The highest BCUT2D eigenvalue weighted by molar-refractivity contribution is 5.07. The third-order valence-electron chi connectivity index (χ3n) is 3.36. The molecule has 1 heteroatoms. The molecule has 1 atom stereocenters. The van der Waals surface area contributed by atoms with Crippen LogP contribution in [0.25, 0.3) is 0 Å². The zero-order valence-corrected chi connectivity index (χ0v) is 8.84. The van der Waals surface area contributed by atoms with Gasteiger partial charge < -0.3 is 5.73 Å². The molecule has 0 radical (unpaired) electrons. The normalized spacial score (nSPS) is 22.3. The first-order chi connectivity index (χ1) is 6.08. The summed E-state index contributed by atoms with van der Waals surface area (Å²) in [6, 6.07) is 0.179. The maximum atomic E-state index is 6.19. The first-order valence-electron chi connectivity index (χ1n) is 5.31. The van der Waals surface area contributed by atoms with Crippen LogP contribution in [0.4, 0.5) is 0 Å². The van der Waals surface area contributed by atoms with Crippen LogP contribution < -0.4 is 5.73 Å². The summed E-state index contributed by atoms with van der Waals surface area (Å²) in [5.74, 6) is 3.47. The lowest BCUT2D eigenvalue weighted by Crippen LogP contribution is -2.43. The van der Waals surface area contributed by atoms with Gasteiger partial charge in [0.15, 0.2) is 0 Å². The standard InChI is InChI=1S/C12H21N.H2/c1-4-12(2,3)11(13)10-8-6-5-7-9-10;/h1,10-11H,5-9,13H2,2-3H3;1H/t11-;/m1./s1. The molecule has 0 aromatic carbocycles.